The van der Waals surface area contributed by atoms with Gasteiger partial charge in [-0.25, -0.2) is 4.98 Å². The lowest BCUT2D eigenvalue weighted by Crippen LogP contribution is -2.39. The van der Waals surface area contributed by atoms with Crippen molar-refractivity contribution in [3.63, 3.8) is 0 Å². The van der Waals surface area contributed by atoms with E-state index in [0.29, 0.717) is 27.7 Å². The van der Waals surface area contributed by atoms with Crippen molar-refractivity contribution in [2.45, 2.75) is 38.1 Å². The van der Waals surface area contributed by atoms with Gasteiger partial charge >= 0.3 is 0 Å². The average Bonchev–Trinajstić information content (AvgIpc) is 3.19. The molecular weight excluding hydrogens is 390 g/mol. The molecule has 1 fully saturated rings. The molecule has 0 aliphatic heterocycles. The first kappa shape index (κ1) is 19.4. The van der Waals surface area contributed by atoms with Crippen LogP contribution in [0.25, 0.3) is 16.2 Å². The number of hydrogen-bond donors (Lipinski definition) is 1. The molecule has 0 saturated heterocycles. The van der Waals surface area contributed by atoms with E-state index in [1.54, 1.807) is 26.4 Å². The van der Waals surface area contributed by atoms with Gasteiger partial charge in [-0.05, 0) is 31.0 Å². The SMILES string of the molecule is COc1ccc(OC)c(-c2csc3ncc(C(=O)NC4CCCCC4)c(=O)n23)c1. The second-order valence-electron chi connectivity index (χ2n) is 7.09. The lowest BCUT2D eigenvalue weighted by Gasteiger charge is -2.22. The first-order chi connectivity index (χ1) is 14.1. The smallest absolute Gasteiger partial charge is 0.271 e. The molecule has 29 heavy (non-hydrogen) atoms. The third-order valence-corrected chi connectivity index (χ3v) is 6.15. The average molecular weight is 413 g/mol. The van der Waals surface area contributed by atoms with E-state index in [0.717, 1.165) is 25.7 Å². The molecule has 1 N–H and O–H groups in total. The fraction of sp³-hybridized carbons (Fsp3) is 0.381. The van der Waals surface area contributed by atoms with Gasteiger partial charge in [0.1, 0.15) is 17.1 Å². The van der Waals surface area contributed by atoms with E-state index in [4.69, 9.17) is 9.47 Å². The number of carbonyl (C=O) groups is 1. The summed E-state index contributed by atoms with van der Waals surface area (Å²) in [4.78, 5) is 30.8. The molecule has 4 rings (SSSR count). The first-order valence-corrected chi connectivity index (χ1v) is 10.5. The summed E-state index contributed by atoms with van der Waals surface area (Å²) in [5.74, 6) is 0.889. The van der Waals surface area contributed by atoms with Crippen LogP contribution >= 0.6 is 11.3 Å². The summed E-state index contributed by atoms with van der Waals surface area (Å²) in [6, 6.07) is 5.51. The van der Waals surface area contributed by atoms with Gasteiger partial charge in [-0.1, -0.05) is 19.3 Å². The zero-order chi connectivity index (χ0) is 20.4. The molecule has 8 heteroatoms. The second kappa shape index (κ2) is 8.24. The van der Waals surface area contributed by atoms with Crippen molar-refractivity contribution in [1.82, 2.24) is 14.7 Å². The van der Waals surface area contributed by atoms with E-state index in [-0.39, 0.29) is 23.1 Å². The Morgan fingerprint density at radius 1 is 1.21 bits per heavy atom. The van der Waals surface area contributed by atoms with Gasteiger partial charge in [0.25, 0.3) is 11.5 Å². The highest BCUT2D eigenvalue weighted by molar-refractivity contribution is 7.15. The van der Waals surface area contributed by atoms with Crippen molar-refractivity contribution < 1.29 is 14.3 Å². The molecule has 2 heterocycles. The third-order valence-electron chi connectivity index (χ3n) is 5.31. The number of fused-ring (bicyclic) bond motifs is 1. The lowest BCUT2D eigenvalue weighted by molar-refractivity contribution is 0.0925. The topological polar surface area (TPSA) is 81.9 Å². The molecule has 0 unspecified atom stereocenters. The van der Waals surface area contributed by atoms with Crippen LogP contribution in [0.5, 0.6) is 11.5 Å². The van der Waals surface area contributed by atoms with Crippen molar-refractivity contribution >= 4 is 22.2 Å². The maximum Gasteiger partial charge on any atom is 0.271 e. The molecule has 1 amide bonds. The number of nitrogens with one attached hydrogen (secondary N) is 1. The molecule has 0 radical (unpaired) electrons. The summed E-state index contributed by atoms with van der Waals surface area (Å²) in [5, 5.41) is 4.84. The van der Waals surface area contributed by atoms with Crippen molar-refractivity contribution in [3.8, 4) is 22.8 Å². The summed E-state index contributed by atoms with van der Waals surface area (Å²) >= 11 is 1.34. The van der Waals surface area contributed by atoms with E-state index < -0.39 is 0 Å². The molecule has 0 atom stereocenters. The highest BCUT2D eigenvalue weighted by atomic mass is 32.1. The Labute approximate surface area is 172 Å². The van der Waals surface area contributed by atoms with Crippen molar-refractivity contribution in [3.05, 3.63) is 45.7 Å². The molecule has 1 aromatic carbocycles. The molecule has 7 nitrogen and oxygen atoms in total. The van der Waals surface area contributed by atoms with Crippen LogP contribution in [-0.4, -0.2) is 35.6 Å². The van der Waals surface area contributed by atoms with Crippen molar-refractivity contribution in [1.29, 1.82) is 0 Å². The van der Waals surface area contributed by atoms with Crippen LogP contribution in [0.1, 0.15) is 42.5 Å². The quantitative estimate of drug-likeness (QED) is 0.692. The Balaban J connectivity index is 1.77. The van der Waals surface area contributed by atoms with E-state index >= 15 is 0 Å². The Kier molecular flexibility index (Phi) is 5.53. The number of methoxy groups -OCH3 is 2. The zero-order valence-corrected chi connectivity index (χ0v) is 17.3. The highest BCUT2D eigenvalue weighted by Crippen LogP contribution is 2.35. The lowest BCUT2D eigenvalue weighted by atomic mass is 9.95. The van der Waals surface area contributed by atoms with Gasteiger partial charge < -0.3 is 14.8 Å². The van der Waals surface area contributed by atoms with Crippen LogP contribution in [0, 0.1) is 0 Å². The van der Waals surface area contributed by atoms with Crippen LogP contribution in [0.15, 0.2) is 34.6 Å². The van der Waals surface area contributed by atoms with Crippen LogP contribution < -0.4 is 20.3 Å². The first-order valence-electron chi connectivity index (χ1n) is 9.65. The van der Waals surface area contributed by atoms with Gasteiger partial charge in [-0.15, -0.1) is 11.3 Å². The predicted octanol–water partition coefficient (Wildman–Crippen LogP) is 3.50. The number of carbonyl (C=O) groups excluding carboxylic acids is 1. The van der Waals surface area contributed by atoms with Crippen molar-refractivity contribution in [2.24, 2.45) is 0 Å². The summed E-state index contributed by atoms with van der Waals surface area (Å²) in [5.41, 5.74) is 0.983. The van der Waals surface area contributed by atoms with Crippen molar-refractivity contribution in [2.75, 3.05) is 14.2 Å². The molecule has 0 spiro atoms. The van der Waals surface area contributed by atoms with E-state index in [1.165, 1.54) is 28.4 Å². The van der Waals surface area contributed by atoms with E-state index in [1.807, 2.05) is 11.4 Å². The molecule has 1 aliphatic carbocycles. The van der Waals surface area contributed by atoms with Gasteiger partial charge in [0.2, 0.25) is 0 Å². The Bertz CT molecular complexity index is 1100. The Hall–Kier alpha value is -2.87. The Morgan fingerprint density at radius 2 is 2.00 bits per heavy atom. The summed E-state index contributed by atoms with van der Waals surface area (Å²) < 4.78 is 12.3. The minimum Gasteiger partial charge on any atom is -0.497 e. The number of aromatic nitrogens is 2. The van der Waals surface area contributed by atoms with Crippen LogP contribution in [0.3, 0.4) is 0 Å². The fourth-order valence-electron chi connectivity index (χ4n) is 3.76. The molecular formula is C21H23N3O4S. The third kappa shape index (κ3) is 3.72. The Morgan fingerprint density at radius 3 is 2.72 bits per heavy atom. The van der Waals surface area contributed by atoms with E-state index in [9.17, 15) is 9.59 Å². The van der Waals surface area contributed by atoms with E-state index in [2.05, 4.69) is 10.3 Å². The molecule has 3 aromatic rings. The number of rotatable bonds is 5. The van der Waals surface area contributed by atoms with Gasteiger partial charge in [0.15, 0.2) is 4.96 Å². The number of amides is 1. The summed E-state index contributed by atoms with van der Waals surface area (Å²) in [6.45, 7) is 0. The number of benzene rings is 1. The zero-order valence-electron chi connectivity index (χ0n) is 16.4. The molecule has 0 bridgehead atoms. The fourth-order valence-corrected chi connectivity index (χ4v) is 4.61. The van der Waals surface area contributed by atoms with Gasteiger partial charge in [0, 0.05) is 23.2 Å². The maximum atomic E-state index is 13.2. The molecule has 1 saturated carbocycles. The predicted molar refractivity (Wildman–Crippen MR) is 112 cm³/mol. The van der Waals surface area contributed by atoms with Gasteiger partial charge in [0.05, 0.1) is 19.9 Å². The largest absolute Gasteiger partial charge is 0.497 e. The van der Waals surface area contributed by atoms with Gasteiger partial charge in [-0.2, -0.15) is 0 Å². The van der Waals surface area contributed by atoms with Crippen LogP contribution in [-0.2, 0) is 0 Å². The van der Waals surface area contributed by atoms with Crippen LogP contribution in [0.4, 0.5) is 0 Å². The summed E-state index contributed by atoms with van der Waals surface area (Å²) in [7, 11) is 3.16. The molecule has 2 aromatic heterocycles. The van der Waals surface area contributed by atoms with Gasteiger partial charge in [-0.3, -0.25) is 14.0 Å². The second-order valence-corrected chi connectivity index (χ2v) is 7.93. The number of hydrogen-bond acceptors (Lipinski definition) is 6. The maximum absolute atomic E-state index is 13.2. The number of ether oxygens (including phenoxy) is 2. The minimum atomic E-state index is -0.385. The molecule has 152 valence electrons. The summed E-state index contributed by atoms with van der Waals surface area (Å²) in [6.07, 6.45) is 6.68. The molecule has 1 aliphatic rings. The highest BCUT2D eigenvalue weighted by Gasteiger charge is 2.22. The normalized spacial score (nSPS) is 14.7. The minimum absolute atomic E-state index is 0.0505. The number of nitrogens with zero attached hydrogens (tertiary/aromatic N) is 2. The standard InChI is InChI=1S/C21H23N3O4S/c1-27-14-8-9-18(28-2)15(10-14)17-12-29-21-22-11-16(20(26)24(17)21)19(25)23-13-6-4-3-5-7-13/h8-13H,3-7H2,1-2H3,(H,23,25). The number of thiazole rings is 1. The van der Waals surface area contributed by atoms with Crippen LogP contribution in [0.2, 0.25) is 0 Å². The monoisotopic (exact) mass is 413 g/mol.